The molecule has 1 unspecified atom stereocenters. The molecule has 2 heterocycles. The summed E-state index contributed by atoms with van der Waals surface area (Å²) >= 11 is 1.30. The van der Waals surface area contributed by atoms with E-state index in [0.29, 0.717) is 16.1 Å². The van der Waals surface area contributed by atoms with Gasteiger partial charge >= 0.3 is 0 Å². The molecule has 0 aliphatic carbocycles. The Balaban J connectivity index is 2.20. The van der Waals surface area contributed by atoms with Gasteiger partial charge in [0.15, 0.2) is 5.13 Å². The van der Waals surface area contributed by atoms with E-state index in [1.807, 2.05) is 11.8 Å². The summed E-state index contributed by atoms with van der Waals surface area (Å²) < 4.78 is 0. The number of likely N-dealkylation sites (tertiary alicyclic amines) is 1. The van der Waals surface area contributed by atoms with Gasteiger partial charge in [-0.2, -0.15) is 0 Å². The van der Waals surface area contributed by atoms with Crippen LogP contribution in [0.2, 0.25) is 0 Å². The van der Waals surface area contributed by atoms with Crippen LogP contribution in [0, 0.1) is 6.92 Å². The third-order valence-corrected chi connectivity index (χ3v) is 4.30. The number of carbonyl (C=O) groups is 1. The second kappa shape index (κ2) is 5.04. The van der Waals surface area contributed by atoms with Crippen LogP contribution in [0.15, 0.2) is 0 Å². The maximum Gasteiger partial charge on any atom is 0.266 e. The lowest BCUT2D eigenvalue weighted by Crippen LogP contribution is -2.38. The predicted octanol–water partition coefficient (Wildman–Crippen LogP) is 2.44. The summed E-state index contributed by atoms with van der Waals surface area (Å²) in [5.41, 5.74) is 6.41. The van der Waals surface area contributed by atoms with Crippen molar-refractivity contribution in [3.8, 4) is 0 Å². The zero-order chi connectivity index (χ0) is 12.4. The SMILES string of the molecule is Cc1nc(N)sc1C(=O)N1CCCCCC1C. The van der Waals surface area contributed by atoms with Crippen LogP contribution < -0.4 is 5.73 Å². The first-order valence-electron chi connectivity index (χ1n) is 6.13. The Labute approximate surface area is 106 Å². The number of carbonyl (C=O) groups excluding carboxylic acids is 1. The van der Waals surface area contributed by atoms with Crippen LogP contribution in [0.4, 0.5) is 5.13 Å². The number of rotatable bonds is 1. The van der Waals surface area contributed by atoms with E-state index < -0.39 is 0 Å². The summed E-state index contributed by atoms with van der Waals surface area (Å²) in [7, 11) is 0. The molecule has 2 N–H and O–H groups in total. The Bertz CT molecular complexity index is 416. The van der Waals surface area contributed by atoms with Crippen molar-refractivity contribution >= 4 is 22.4 Å². The minimum atomic E-state index is 0.103. The van der Waals surface area contributed by atoms with Crippen molar-refractivity contribution in [2.45, 2.75) is 45.6 Å². The fourth-order valence-corrected chi connectivity index (χ4v) is 3.11. The van der Waals surface area contributed by atoms with Gasteiger partial charge in [-0.15, -0.1) is 0 Å². The first kappa shape index (κ1) is 12.4. The second-order valence-electron chi connectivity index (χ2n) is 4.66. The van der Waals surface area contributed by atoms with E-state index in [1.54, 1.807) is 0 Å². The number of amides is 1. The number of hydrogen-bond donors (Lipinski definition) is 1. The molecule has 0 bridgehead atoms. The van der Waals surface area contributed by atoms with Crippen molar-refractivity contribution in [2.24, 2.45) is 0 Å². The van der Waals surface area contributed by atoms with E-state index in [2.05, 4.69) is 11.9 Å². The third kappa shape index (κ3) is 2.60. The van der Waals surface area contributed by atoms with Gasteiger partial charge in [0.25, 0.3) is 5.91 Å². The largest absolute Gasteiger partial charge is 0.375 e. The van der Waals surface area contributed by atoms with Gasteiger partial charge in [-0.3, -0.25) is 4.79 Å². The number of nitrogens with zero attached hydrogens (tertiary/aromatic N) is 2. The maximum absolute atomic E-state index is 12.4. The summed E-state index contributed by atoms with van der Waals surface area (Å²) in [6.07, 6.45) is 4.63. The Kier molecular flexibility index (Phi) is 3.66. The molecule has 2 rings (SSSR count). The predicted molar refractivity (Wildman–Crippen MR) is 70.2 cm³/mol. The van der Waals surface area contributed by atoms with Gasteiger partial charge in [0.2, 0.25) is 0 Å². The number of aromatic nitrogens is 1. The summed E-state index contributed by atoms with van der Waals surface area (Å²) in [6, 6.07) is 0.327. The zero-order valence-electron chi connectivity index (χ0n) is 10.4. The highest BCUT2D eigenvalue weighted by molar-refractivity contribution is 7.17. The molecule has 0 spiro atoms. The van der Waals surface area contributed by atoms with Gasteiger partial charge in [-0.1, -0.05) is 24.2 Å². The number of thiazole rings is 1. The minimum Gasteiger partial charge on any atom is -0.375 e. The third-order valence-electron chi connectivity index (χ3n) is 3.32. The van der Waals surface area contributed by atoms with E-state index >= 15 is 0 Å². The fourth-order valence-electron chi connectivity index (χ4n) is 2.32. The molecule has 1 amide bonds. The van der Waals surface area contributed by atoms with Crippen molar-refractivity contribution in [1.82, 2.24) is 9.88 Å². The van der Waals surface area contributed by atoms with Gasteiger partial charge in [0.05, 0.1) is 5.69 Å². The molecular formula is C12H19N3OS. The van der Waals surface area contributed by atoms with Crippen LogP contribution in [0.25, 0.3) is 0 Å². The first-order valence-corrected chi connectivity index (χ1v) is 6.95. The van der Waals surface area contributed by atoms with Crippen LogP contribution in [0.3, 0.4) is 0 Å². The summed E-state index contributed by atoms with van der Waals surface area (Å²) in [6.45, 7) is 4.84. The highest BCUT2D eigenvalue weighted by Crippen LogP contribution is 2.25. The molecule has 1 aliphatic heterocycles. The molecule has 1 fully saturated rings. The molecule has 1 saturated heterocycles. The second-order valence-corrected chi connectivity index (χ2v) is 5.69. The lowest BCUT2D eigenvalue weighted by Gasteiger charge is -2.26. The van der Waals surface area contributed by atoms with Crippen LogP contribution in [0.1, 0.15) is 48.0 Å². The van der Waals surface area contributed by atoms with E-state index in [-0.39, 0.29) is 5.91 Å². The standard InChI is InChI=1S/C12H19N3OS/c1-8-6-4-3-5-7-15(8)11(16)10-9(2)14-12(13)17-10/h8H,3-7H2,1-2H3,(H2,13,14). The van der Waals surface area contributed by atoms with E-state index in [4.69, 9.17) is 5.73 Å². The van der Waals surface area contributed by atoms with Gasteiger partial charge in [0.1, 0.15) is 4.88 Å². The van der Waals surface area contributed by atoms with E-state index in [9.17, 15) is 4.79 Å². The molecule has 0 saturated carbocycles. The number of anilines is 1. The Hall–Kier alpha value is -1.10. The van der Waals surface area contributed by atoms with Gasteiger partial charge in [-0.25, -0.2) is 4.98 Å². The van der Waals surface area contributed by atoms with Crippen molar-refractivity contribution in [2.75, 3.05) is 12.3 Å². The molecule has 1 atom stereocenters. The average molecular weight is 253 g/mol. The monoisotopic (exact) mass is 253 g/mol. The maximum atomic E-state index is 12.4. The van der Waals surface area contributed by atoms with E-state index in [1.165, 1.54) is 24.2 Å². The summed E-state index contributed by atoms with van der Waals surface area (Å²) in [5, 5.41) is 0.480. The van der Waals surface area contributed by atoms with Crippen LogP contribution in [-0.4, -0.2) is 28.4 Å². The normalized spacial score (nSPS) is 21.3. The molecule has 0 radical (unpaired) electrons. The minimum absolute atomic E-state index is 0.103. The topological polar surface area (TPSA) is 59.2 Å². The van der Waals surface area contributed by atoms with Crippen molar-refractivity contribution < 1.29 is 4.79 Å². The number of nitrogen functional groups attached to an aromatic ring is 1. The summed E-state index contributed by atoms with van der Waals surface area (Å²) in [5.74, 6) is 0.103. The van der Waals surface area contributed by atoms with Gasteiger partial charge in [-0.05, 0) is 26.7 Å². The lowest BCUT2D eigenvalue weighted by molar-refractivity contribution is 0.0702. The average Bonchev–Trinajstić information content (AvgIpc) is 2.49. The summed E-state index contributed by atoms with van der Waals surface area (Å²) in [4.78, 5) is 19.2. The lowest BCUT2D eigenvalue weighted by atomic mass is 10.1. The number of aryl methyl sites for hydroxylation is 1. The van der Waals surface area contributed by atoms with Crippen molar-refractivity contribution in [3.05, 3.63) is 10.6 Å². The smallest absolute Gasteiger partial charge is 0.266 e. The molecule has 1 aliphatic rings. The fraction of sp³-hybridized carbons (Fsp3) is 0.667. The Morgan fingerprint density at radius 2 is 2.24 bits per heavy atom. The zero-order valence-corrected chi connectivity index (χ0v) is 11.2. The van der Waals surface area contributed by atoms with Crippen molar-refractivity contribution in [3.63, 3.8) is 0 Å². The van der Waals surface area contributed by atoms with Crippen molar-refractivity contribution in [1.29, 1.82) is 0 Å². The van der Waals surface area contributed by atoms with Crippen LogP contribution in [-0.2, 0) is 0 Å². The molecule has 4 nitrogen and oxygen atoms in total. The number of hydrogen-bond acceptors (Lipinski definition) is 4. The Morgan fingerprint density at radius 3 is 2.88 bits per heavy atom. The molecule has 17 heavy (non-hydrogen) atoms. The molecule has 5 heteroatoms. The first-order chi connectivity index (χ1) is 8.09. The molecular weight excluding hydrogens is 234 g/mol. The highest BCUT2D eigenvalue weighted by atomic mass is 32.1. The van der Waals surface area contributed by atoms with Gasteiger partial charge in [0, 0.05) is 12.6 Å². The number of nitrogens with two attached hydrogens (primary N) is 1. The molecule has 1 aromatic rings. The van der Waals surface area contributed by atoms with E-state index in [0.717, 1.165) is 25.1 Å². The molecule has 94 valence electrons. The van der Waals surface area contributed by atoms with Crippen LogP contribution in [0.5, 0.6) is 0 Å². The molecule has 0 aromatic carbocycles. The quantitative estimate of drug-likeness (QED) is 0.836. The van der Waals surface area contributed by atoms with Gasteiger partial charge < -0.3 is 10.6 Å². The molecule has 1 aromatic heterocycles. The highest BCUT2D eigenvalue weighted by Gasteiger charge is 2.25. The van der Waals surface area contributed by atoms with Crippen LogP contribution >= 0.6 is 11.3 Å². The Morgan fingerprint density at radius 1 is 1.47 bits per heavy atom.